The summed E-state index contributed by atoms with van der Waals surface area (Å²) >= 11 is 0. The number of nitrogens with zero attached hydrogens (tertiary/aromatic N) is 2. The van der Waals surface area contributed by atoms with Crippen molar-refractivity contribution < 1.29 is 19.0 Å². The first-order chi connectivity index (χ1) is 16.6. The Hall–Kier alpha value is -3.91. The summed E-state index contributed by atoms with van der Waals surface area (Å²) in [7, 11) is 3.27. The summed E-state index contributed by atoms with van der Waals surface area (Å²) < 4.78 is 15.9. The fourth-order valence-corrected chi connectivity index (χ4v) is 3.72. The first-order valence-corrected chi connectivity index (χ1v) is 11.2. The van der Waals surface area contributed by atoms with Crippen LogP contribution in [0.1, 0.15) is 23.7 Å². The molecule has 8 nitrogen and oxygen atoms in total. The molecule has 1 amide bonds. The van der Waals surface area contributed by atoms with Gasteiger partial charge in [0.2, 0.25) is 0 Å². The highest BCUT2D eigenvalue weighted by molar-refractivity contribution is 6.11. The minimum atomic E-state index is -0.188. The molecular weight excluding hydrogens is 432 g/mol. The molecule has 8 heteroatoms. The summed E-state index contributed by atoms with van der Waals surface area (Å²) in [4.78, 5) is 18.0. The molecule has 4 rings (SSSR count). The SMILES string of the molecule is CCOc1ccc(-c2cc(C(=O)NCCCOC)c3c(-c4ccc(OC)cc4)[nH]nc3n2)cc1. The number of amides is 1. The number of fused-ring (bicyclic) bond motifs is 1. The van der Waals surface area contributed by atoms with Gasteiger partial charge >= 0.3 is 0 Å². The summed E-state index contributed by atoms with van der Waals surface area (Å²) in [5.41, 5.74) is 4.11. The minimum absolute atomic E-state index is 0.188. The molecular formula is C26H28N4O4. The monoisotopic (exact) mass is 460 g/mol. The maximum absolute atomic E-state index is 13.3. The zero-order chi connectivity index (χ0) is 23.9. The highest BCUT2D eigenvalue weighted by Gasteiger charge is 2.20. The maximum atomic E-state index is 13.3. The van der Waals surface area contributed by atoms with Crippen molar-refractivity contribution in [2.24, 2.45) is 0 Å². The number of carbonyl (C=O) groups excluding carboxylic acids is 1. The summed E-state index contributed by atoms with van der Waals surface area (Å²) in [6, 6.07) is 17.0. The lowest BCUT2D eigenvalue weighted by Gasteiger charge is -2.10. The van der Waals surface area contributed by atoms with Crippen LogP contribution in [0.4, 0.5) is 0 Å². The first-order valence-electron chi connectivity index (χ1n) is 11.2. The molecule has 0 atom stereocenters. The Morgan fingerprint density at radius 1 is 1.00 bits per heavy atom. The zero-order valence-corrected chi connectivity index (χ0v) is 19.6. The van der Waals surface area contributed by atoms with Gasteiger partial charge in [-0.1, -0.05) is 0 Å². The van der Waals surface area contributed by atoms with Gasteiger partial charge in [-0.15, -0.1) is 0 Å². The van der Waals surface area contributed by atoms with Crippen molar-refractivity contribution in [3.8, 4) is 34.0 Å². The molecule has 34 heavy (non-hydrogen) atoms. The van der Waals surface area contributed by atoms with Crippen molar-refractivity contribution in [1.29, 1.82) is 0 Å². The van der Waals surface area contributed by atoms with Gasteiger partial charge in [0.25, 0.3) is 5.91 Å². The molecule has 0 aliphatic rings. The number of methoxy groups -OCH3 is 2. The van der Waals surface area contributed by atoms with E-state index in [0.717, 1.165) is 34.7 Å². The van der Waals surface area contributed by atoms with Crippen LogP contribution >= 0.6 is 0 Å². The molecule has 0 bridgehead atoms. The number of H-pyrrole nitrogens is 1. The van der Waals surface area contributed by atoms with Gasteiger partial charge in [0.05, 0.1) is 36.1 Å². The lowest BCUT2D eigenvalue weighted by molar-refractivity contribution is 0.0950. The van der Waals surface area contributed by atoms with E-state index in [2.05, 4.69) is 15.5 Å². The number of rotatable bonds is 10. The number of ether oxygens (including phenoxy) is 3. The largest absolute Gasteiger partial charge is 0.497 e. The first kappa shape index (κ1) is 23.3. The second kappa shape index (κ2) is 10.8. The lowest BCUT2D eigenvalue weighted by atomic mass is 10.0. The van der Waals surface area contributed by atoms with Crippen LogP contribution in [0.25, 0.3) is 33.5 Å². The van der Waals surface area contributed by atoms with Crippen LogP contribution in [0.15, 0.2) is 54.6 Å². The Morgan fingerprint density at radius 2 is 1.71 bits per heavy atom. The molecule has 0 unspecified atom stereocenters. The van der Waals surface area contributed by atoms with Gasteiger partial charge in [-0.2, -0.15) is 5.10 Å². The fraction of sp³-hybridized carbons (Fsp3) is 0.269. The van der Waals surface area contributed by atoms with Crippen LogP contribution in [0.2, 0.25) is 0 Å². The molecule has 2 heterocycles. The van der Waals surface area contributed by atoms with E-state index in [1.54, 1.807) is 14.2 Å². The number of aromatic amines is 1. The number of carbonyl (C=O) groups is 1. The Balaban J connectivity index is 1.78. The van der Waals surface area contributed by atoms with Crippen molar-refractivity contribution in [3.05, 3.63) is 60.2 Å². The van der Waals surface area contributed by atoms with Gasteiger partial charge in [-0.3, -0.25) is 9.89 Å². The molecule has 0 saturated heterocycles. The molecule has 0 radical (unpaired) electrons. The summed E-state index contributed by atoms with van der Waals surface area (Å²) in [6.07, 6.45) is 0.721. The Labute approximate surface area is 198 Å². The standard InChI is InChI=1S/C26H28N4O4/c1-4-34-20-12-6-17(7-13-20)22-16-21(26(31)27-14-5-15-32-2)23-24(29-30-25(23)28-22)18-8-10-19(33-3)11-9-18/h6-13,16H,4-5,14-15H2,1-3H3,(H,27,31)(H,28,29,30). The molecule has 0 aliphatic carbocycles. The molecule has 2 aromatic carbocycles. The zero-order valence-electron chi connectivity index (χ0n) is 19.6. The molecule has 0 aliphatic heterocycles. The second-order valence-electron chi connectivity index (χ2n) is 7.64. The number of nitrogens with one attached hydrogen (secondary N) is 2. The van der Waals surface area contributed by atoms with Crippen LogP contribution in [0.5, 0.6) is 11.5 Å². The Bertz CT molecular complexity index is 1250. The van der Waals surface area contributed by atoms with Gasteiger partial charge in [-0.05, 0) is 67.9 Å². The number of benzene rings is 2. The Morgan fingerprint density at radius 3 is 2.38 bits per heavy atom. The molecule has 4 aromatic rings. The third-order valence-corrected chi connectivity index (χ3v) is 5.42. The second-order valence-corrected chi connectivity index (χ2v) is 7.64. The van der Waals surface area contributed by atoms with E-state index in [0.29, 0.717) is 42.0 Å². The fourth-order valence-electron chi connectivity index (χ4n) is 3.72. The van der Waals surface area contributed by atoms with E-state index < -0.39 is 0 Å². The molecule has 0 spiro atoms. The van der Waals surface area contributed by atoms with Crippen LogP contribution in [0, 0.1) is 0 Å². The van der Waals surface area contributed by atoms with Gasteiger partial charge < -0.3 is 19.5 Å². The highest BCUT2D eigenvalue weighted by atomic mass is 16.5. The number of hydrogen-bond acceptors (Lipinski definition) is 6. The smallest absolute Gasteiger partial charge is 0.252 e. The van der Waals surface area contributed by atoms with E-state index in [1.807, 2.05) is 61.5 Å². The van der Waals surface area contributed by atoms with Crippen molar-refractivity contribution in [2.75, 3.05) is 34.0 Å². The van der Waals surface area contributed by atoms with Crippen LogP contribution in [-0.2, 0) is 4.74 Å². The van der Waals surface area contributed by atoms with Gasteiger partial charge in [0, 0.05) is 31.4 Å². The third-order valence-electron chi connectivity index (χ3n) is 5.42. The molecule has 2 aromatic heterocycles. The summed E-state index contributed by atoms with van der Waals surface area (Å²) in [5, 5.41) is 11.2. The Kier molecular flexibility index (Phi) is 7.39. The molecule has 176 valence electrons. The van der Waals surface area contributed by atoms with Crippen molar-refractivity contribution >= 4 is 16.9 Å². The molecule has 0 fully saturated rings. The van der Waals surface area contributed by atoms with E-state index in [9.17, 15) is 4.79 Å². The molecule has 0 saturated carbocycles. The third kappa shape index (κ3) is 5.02. The number of aromatic nitrogens is 3. The van der Waals surface area contributed by atoms with E-state index in [-0.39, 0.29) is 5.91 Å². The highest BCUT2D eigenvalue weighted by Crippen LogP contribution is 2.32. The quantitative estimate of drug-likeness (QED) is 0.339. The van der Waals surface area contributed by atoms with Crippen molar-refractivity contribution in [3.63, 3.8) is 0 Å². The van der Waals surface area contributed by atoms with Crippen LogP contribution in [-0.4, -0.2) is 55.1 Å². The van der Waals surface area contributed by atoms with Gasteiger partial charge in [-0.25, -0.2) is 4.98 Å². The molecule has 2 N–H and O–H groups in total. The lowest BCUT2D eigenvalue weighted by Crippen LogP contribution is -2.25. The predicted octanol–water partition coefficient (Wildman–Crippen LogP) is 4.47. The van der Waals surface area contributed by atoms with E-state index in [4.69, 9.17) is 19.2 Å². The van der Waals surface area contributed by atoms with E-state index in [1.165, 1.54) is 0 Å². The predicted molar refractivity (Wildman–Crippen MR) is 131 cm³/mol. The van der Waals surface area contributed by atoms with Crippen molar-refractivity contribution in [2.45, 2.75) is 13.3 Å². The van der Waals surface area contributed by atoms with Crippen LogP contribution in [0.3, 0.4) is 0 Å². The topological polar surface area (TPSA) is 98.4 Å². The van der Waals surface area contributed by atoms with Gasteiger partial charge in [0.1, 0.15) is 11.5 Å². The average Bonchev–Trinajstić information content (AvgIpc) is 3.31. The minimum Gasteiger partial charge on any atom is -0.497 e. The maximum Gasteiger partial charge on any atom is 0.252 e. The number of pyridine rings is 1. The van der Waals surface area contributed by atoms with Gasteiger partial charge in [0.15, 0.2) is 5.65 Å². The van der Waals surface area contributed by atoms with Crippen molar-refractivity contribution in [1.82, 2.24) is 20.5 Å². The average molecular weight is 461 g/mol. The normalized spacial score (nSPS) is 10.9. The number of hydrogen-bond donors (Lipinski definition) is 2. The van der Waals surface area contributed by atoms with Crippen LogP contribution < -0.4 is 14.8 Å². The summed E-state index contributed by atoms with van der Waals surface area (Å²) in [6.45, 7) is 3.62. The van der Waals surface area contributed by atoms with E-state index >= 15 is 0 Å². The summed E-state index contributed by atoms with van der Waals surface area (Å²) in [5.74, 6) is 1.34.